The van der Waals surface area contributed by atoms with Gasteiger partial charge in [-0.2, -0.15) is 0 Å². The van der Waals surface area contributed by atoms with Crippen LogP contribution >= 0.6 is 15.9 Å². The molecule has 0 aliphatic heterocycles. The van der Waals surface area contributed by atoms with Crippen LogP contribution in [0.1, 0.15) is 40.0 Å². The molecule has 2 heteroatoms. The van der Waals surface area contributed by atoms with Crippen LogP contribution in [-0.2, 0) is 4.74 Å². The minimum absolute atomic E-state index is 0.446. The van der Waals surface area contributed by atoms with Crippen LogP contribution in [0.2, 0.25) is 0 Å². The van der Waals surface area contributed by atoms with Crippen LogP contribution in [0.25, 0.3) is 0 Å². The fourth-order valence-electron chi connectivity index (χ4n) is 1.56. The summed E-state index contributed by atoms with van der Waals surface area (Å²) in [7, 11) is 1.76. The summed E-state index contributed by atoms with van der Waals surface area (Å²) in [6.45, 7) is 7.74. The van der Waals surface area contributed by atoms with Gasteiger partial charge in [0.05, 0.1) is 0 Å². The van der Waals surface area contributed by atoms with Crippen molar-refractivity contribution in [2.24, 2.45) is 5.41 Å². The van der Waals surface area contributed by atoms with Crippen molar-refractivity contribution in [3.05, 3.63) is 0 Å². The summed E-state index contributed by atoms with van der Waals surface area (Å²) in [4.78, 5) is 0.620. The molecule has 0 radical (unpaired) electrons. The number of halogens is 1. The predicted molar refractivity (Wildman–Crippen MR) is 57.9 cm³/mol. The van der Waals surface area contributed by atoms with E-state index in [1.165, 1.54) is 19.3 Å². The molecular weight excluding hydrogens is 216 g/mol. The van der Waals surface area contributed by atoms with E-state index in [2.05, 4.69) is 36.7 Å². The molecule has 0 saturated carbocycles. The molecule has 0 spiro atoms. The zero-order chi connectivity index (χ0) is 9.61. The first-order valence-corrected chi connectivity index (χ1v) is 5.52. The van der Waals surface area contributed by atoms with Crippen LogP contribution in [0.3, 0.4) is 0 Å². The third kappa shape index (κ3) is 7.11. The van der Waals surface area contributed by atoms with Crippen molar-refractivity contribution in [2.45, 2.75) is 44.9 Å². The van der Waals surface area contributed by atoms with Crippen LogP contribution in [0, 0.1) is 5.41 Å². The van der Waals surface area contributed by atoms with Gasteiger partial charge in [-0.3, -0.25) is 0 Å². The monoisotopic (exact) mass is 236 g/mol. The predicted octanol–water partition coefficient (Wildman–Crippen LogP) is 3.61. The highest BCUT2D eigenvalue weighted by molar-refractivity contribution is 9.09. The van der Waals surface area contributed by atoms with E-state index in [-0.39, 0.29) is 0 Å². The summed E-state index contributed by atoms with van der Waals surface area (Å²) in [6, 6.07) is 0. The molecule has 74 valence electrons. The molecule has 1 atom stereocenters. The minimum Gasteiger partial charge on any atom is -0.385 e. The van der Waals surface area contributed by atoms with Gasteiger partial charge in [-0.1, -0.05) is 36.7 Å². The van der Waals surface area contributed by atoms with Crippen molar-refractivity contribution in [3.8, 4) is 0 Å². The van der Waals surface area contributed by atoms with Crippen LogP contribution < -0.4 is 0 Å². The first kappa shape index (κ1) is 12.4. The Morgan fingerprint density at radius 3 is 2.42 bits per heavy atom. The summed E-state index contributed by atoms with van der Waals surface area (Å²) in [5, 5.41) is 0. The van der Waals surface area contributed by atoms with Gasteiger partial charge in [-0.25, -0.2) is 0 Å². The van der Waals surface area contributed by atoms with E-state index >= 15 is 0 Å². The Bertz CT molecular complexity index is 110. The second-order valence-corrected chi connectivity index (χ2v) is 5.81. The zero-order valence-corrected chi connectivity index (χ0v) is 10.3. The maximum Gasteiger partial charge on any atom is 0.0462 e. The fourth-order valence-corrected chi connectivity index (χ4v) is 2.43. The Balaban J connectivity index is 3.56. The summed E-state index contributed by atoms with van der Waals surface area (Å²) >= 11 is 3.59. The summed E-state index contributed by atoms with van der Waals surface area (Å²) in [6.07, 6.45) is 3.65. The molecule has 0 saturated heterocycles. The van der Waals surface area contributed by atoms with E-state index in [1.54, 1.807) is 7.11 Å². The van der Waals surface area contributed by atoms with E-state index < -0.39 is 0 Å². The number of methoxy groups -OCH3 is 1. The van der Waals surface area contributed by atoms with Crippen LogP contribution in [-0.4, -0.2) is 18.5 Å². The Morgan fingerprint density at radius 2 is 2.00 bits per heavy atom. The average Bonchev–Trinajstić information content (AvgIpc) is 1.84. The van der Waals surface area contributed by atoms with E-state index in [1.807, 2.05) is 0 Å². The second-order valence-electron chi connectivity index (χ2n) is 4.25. The average molecular weight is 237 g/mol. The maximum absolute atomic E-state index is 5.03. The zero-order valence-electron chi connectivity index (χ0n) is 8.69. The van der Waals surface area contributed by atoms with Gasteiger partial charge >= 0.3 is 0 Å². The van der Waals surface area contributed by atoms with Gasteiger partial charge in [0.1, 0.15) is 0 Å². The smallest absolute Gasteiger partial charge is 0.0462 e. The molecule has 12 heavy (non-hydrogen) atoms. The lowest BCUT2D eigenvalue weighted by atomic mass is 9.83. The first-order valence-electron chi connectivity index (χ1n) is 4.61. The van der Waals surface area contributed by atoms with Crippen LogP contribution in [0.5, 0.6) is 0 Å². The Morgan fingerprint density at radius 1 is 1.42 bits per heavy atom. The molecule has 1 nitrogen and oxygen atoms in total. The molecule has 0 N–H and O–H groups in total. The minimum atomic E-state index is 0.446. The third-order valence-corrected chi connectivity index (χ3v) is 2.36. The molecule has 0 heterocycles. The molecule has 0 rings (SSSR count). The van der Waals surface area contributed by atoms with E-state index in [0.717, 1.165) is 6.61 Å². The maximum atomic E-state index is 5.03. The van der Waals surface area contributed by atoms with Crippen molar-refractivity contribution in [3.63, 3.8) is 0 Å². The Hall–Kier alpha value is 0.440. The van der Waals surface area contributed by atoms with Gasteiger partial charge in [-0.05, 0) is 24.7 Å². The number of hydrogen-bond donors (Lipinski definition) is 0. The van der Waals surface area contributed by atoms with E-state index in [4.69, 9.17) is 4.74 Å². The number of alkyl halides is 1. The fraction of sp³-hybridized carbons (Fsp3) is 1.00. The number of rotatable bonds is 6. The molecule has 0 aromatic carbocycles. The molecule has 0 aliphatic carbocycles. The summed E-state index contributed by atoms with van der Waals surface area (Å²) in [5.41, 5.74) is 0.446. The molecule has 1 unspecified atom stereocenters. The SMILES string of the molecule is COCCCC(C)(C)CC(C)Br. The first-order chi connectivity index (χ1) is 5.48. The van der Waals surface area contributed by atoms with Crippen molar-refractivity contribution in [1.82, 2.24) is 0 Å². The molecule has 0 bridgehead atoms. The standard InChI is InChI=1S/C10H21BrO/c1-9(11)8-10(2,3)6-5-7-12-4/h9H,5-8H2,1-4H3. The molecule has 0 fully saturated rings. The van der Waals surface area contributed by atoms with Crippen LogP contribution in [0.15, 0.2) is 0 Å². The quantitative estimate of drug-likeness (QED) is 0.506. The van der Waals surface area contributed by atoms with E-state index in [9.17, 15) is 0 Å². The molecular formula is C10H21BrO. The highest BCUT2D eigenvalue weighted by atomic mass is 79.9. The lowest BCUT2D eigenvalue weighted by Crippen LogP contribution is -2.16. The second kappa shape index (κ2) is 5.98. The highest BCUT2D eigenvalue weighted by Gasteiger charge is 2.19. The molecule has 0 aromatic heterocycles. The van der Waals surface area contributed by atoms with E-state index in [0.29, 0.717) is 10.2 Å². The largest absolute Gasteiger partial charge is 0.385 e. The van der Waals surface area contributed by atoms with Crippen molar-refractivity contribution in [2.75, 3.05) is 13.7 Å². The van der Waals surface area contributed by atoms with Gasteiger partial charge in [-0.15, -0.1) is 0 Å². The molecule has 0 amide bonds. The van der Waals surface area contributed by atoms with Crippen molar-refractivity contribution >= 4 is 15.9 Å². The Kier molecular flexibility index (Phi) is 6.20. The molecule has 0 aliphatic rings. The van der Waals surface area contributed by atoms with Gasteiger partial charge in [0, 0.05) is 18.5 Å². The third-order valence-electron chi connectivity index (χ3n) is 2.04. The highest BCUT2D eigenvalue weighted by Crippen LogP contribution is 2.30. The van der Waals surface area contributed by atoms with Crippen molar-refractivity contribution in [1.29, 1.82) is 0 Å². The van der Waals surface area contributed by atoms with Gasteiger partial charge in [0.2, 0.25) is 0 Å². The molecule has 0 aromatic rings. The van der Waals surface area contributed by atoms with Gasteiger partial charge in [0.15, 0.2) is 0 Å². The van der Waals surface area contributed by atoms with Gasteiger partial charge in [0.25, 0.3) is 0 Å². The van der Waals surface area contributed by atoms with Crippen LogP contribution in [0.4, 0.5) is 0 Å². The van der Waals surface area contributed by atoms with Crippen molar-refractivity contribution < 1.29 is 4.74 Å². The van der Waals surface area contributed by atoms with Gasteiger partial charge < -0.3 is 4.74 Å². The number of ether oxygens (including phenoxy) is 1. The Labute approximate surface area is 85.0 Å². The lowest BCUT2D eigenvalue weighted by Gasteiger charge is -2.25. The summed E-state index contributed by atoms with van der Waals surface area (Å²) in [5.74, 6) is 0. The lowest BCUT2D eigenvalue weighted by molar-refractivity contribution is 0.173. The number of hydrogen-bond acceptors (Lipinski definition) is 1. The summed E-state index contributed by atoms with van der Waals surface area (Å²) < 4.78 is 5.03. The topological polar surface area (TPSA) is 9.23 Å². The normalized spacial score (nSPS) is 14.8.